The minimum Gasteiger partial charge on any atom is -0.489 e. The van der Waals surface area contributed by atoms with E-state index >= 15 is 0 Å². The molecule has 154 valence electrons. The summed E-state index contributed by atoms with van der Waals surface area (Å²) in [7, 11) is 0. The Labute approximate surface area is 172 Å². The van der Waals surface area contributed by atoms with Crippen LogP contribution in [0.4, 0.5) is 8.78 Å². The zero-order valence-electron chi connectivity index (χ0n) is 16.0. The fraction of sp³-hybridized carbons (Fsp3) is 0.130. The summed E-state index contributed by atoms with van der Waals surface area (Å²) in [6.45, 7) is -0.218. The van der Waals surface area contributed by atoms with Gasteiger partial charge in [-0.1, -0.05) is 36.4 Å². The smallest absolute Gasteiger partial charge is 0.251 e. The van der Waals surface area contributed by atoms with Gasteiger partial charge in [-0.15, -0.1) is 0 Å². The van der Waals surface area contributed by atoms with E-state index in [1.165, 1.54) is 30.3 Å². The third kappa shape index (κ3) is 5.20. The molecule has 0 aromatic heterocycles. The quantitative estimate of drug-likeness (QED) is 0.596. The van der Waals surface area contributed by atoms with Gasteiger partial charge in [-0.05, 0) is 42.0 Å². The van der Waals surface area contributed by atoms with Crippen LogP contribution in [0.3, 0.4) is 0 Å². The van der Waals surface area contributed by atoms with Crippen molar-refractivity contribution < 1.29 is 23.1 Å². The highest BCUT2D eigenvalue weighted by molar-refractivity contribution is 5.94. The SMILES string of the molecule is NC(=O)C(CNC(=O)c1ccc(OCc2c(F)cccc2F)cc1)c1ccccc1. The van der Waals surface area contributed by atoms with Crippen molar-refractivity contribution in [2.75, 3.05) is 6.54 Å². The van der Waals surface area contributed by atoms with E-state index in [-0.39, 0.29) is 24.6 Å². The van der Waals surface area contributed by atoms with Crippen LogP contribution in [0.25, 0.3) is 0 Å². The Morgan fingerprint density at radius 2 is 1.53 bits per heavy atom. The molecule has 3 aromatic rings. The van der Waals surface area contributed by atoms with Gasteiger partial charge in [0.2, 0.25) is 5.91 Å². The molecule has 7 heteroatoms. The number of amides is 2. The fourth-order valence-electron chi connectivity index (χ4n) is 2.89. The lowest BCUT2D eigenvalue weighted by atomic mass is 9.98. The Morgan fingerprint density at radius 3 is 2.13 bits per heavy atom. The lowest BCUT2D eigenvalue weighted by Crippen LogP contribution is -2.34. The van der Waals surface area contributed by atoms with Crippen molar-refractivity contribution in [3.8, 4) is 5.75 Å². The van der Waals surface area contributed by atoms with Gasteiger partial charge in [0.1, 0.15) is 24.0 Å². The lowest BCUT2D eigenvalue weighted by molar-refractivity contribution is -0.119. The number of halogens is 2. The maximum atomic E-state index is 13.6. The standard InChI is InChI=1S/C23H20F2N2O3/c24-20-7-4-8-21(25)19(20)14-30-17-11-9-16(10-12-17)23(29)27-13-18(22(26)28)15-5-2-1-3-6-15/h1-12,18H,13-14H2,(H2,26,28)(H,27,29). The number of hydrogen-bond acceptors (Lipinski definition) is 3. The molecule has 0 fully saturated rings. The topological polar surface area (TPSA) is 81.4 Å². The Kier molecular flexibility index (Phi) is 6.75. The summed E-state index contributed by atoms with van der Waals surface area (Å²) >= 11 is 0. The zero-order chi connectivity index (χ0) is 21.5. The first kappa shape index (κ1) is 21.0. The average molecular weight is 410 g/mol. The normalized spacial score (nSPS) is 11.5. The molecule has 1 atom stereocenters. The van der Waals surface area contributed by atoms with E-state index in [9.17, 15) is 18.4 Å². The second-order valence-electron chi connectivity index (χ2n) is 6.59. The van der Waals surface area contributed by atoms with Crippen LogP contribution in [0.5, 0.6) is 5.75 Å². The molecule has 0 aliphatic carbocycles. The molecule has 3 N–H and O–H groups in total. The van der Waals surface area contributed by atoms with Crippen LogP contribution in [-0.2, 0) is 11.4 Å². The number of carbonyl (C=O) groups is 2. The van der Waals surface area contributed by atoms with Crippen molar-refractivity contribution in [3.05, 3.63) is 101 Å². The van der Waals surface area contributed by atoms with Crippen molar-refractivity contribution in [1.29, 1.82) is 0 Å². The summed E-state index contributed by atoms with van der Waals surface area (Å²) in [5, 5.41) is 2.69. The summed E-state index contributed by atoms with van der Waals surface area (Å²) in [5.41, 5.74) is 6.35. The van der Waals surface area contributed by atoms with E-state index in [4.69, 9.17) is 10.5 Å². The van der Waals surface area contributed by atoms with Crippen molar-refractivity contribution in [1.82, 2.24) is 5.32 Å². The maximum Gasteiger partial charge on any atom is 0.251 e. The Morgan fingerprint density at radius 1 is 0.900 bits per heavy atom. The molecule has 5 nitrogen and oxygen atoms in total. The highest BCUT2D eigenvalue weighted by Crippen LogP contribution is 2.18. The van der Waals surface area contributed by atoms with Crippen LogP contribution >= 0.6 is 0 Å². The molecule has 0 saturated heterocycles. The Bertz CT molecular complexity index is 1000. The van der Waals surface area contributed by atoms with Crippen molar-refractivity contribution in [2.45, 2.75) is 12.5 Å². The Hall–Kier alpha value is -3.74. The minimum atomic E-state index is -0.687. The van der Waals surface area contributed by atoms with Crippen molar-refractivity contribution in [2.24, 2.45) is 5.73 Å². The fourth-order valence-corrected chi connectivity index (χ4v) is 2.89. The van der Waals surface area contributed by atoms with E-state index in [1.54, 1.807) is 24.3 Å². The number of nitrogens with one attached hydrogen (secondary N) is 1. The van der Waals surface area contributed by atoms with Gasteiger partial charge in [0.15, 0.2) is 0 Å². The first-order valence-electron chi connectivity index (χ1n) is 9.24. The van der Waals surface area contributed by atoms with Gasteiger partial charge >= 0.3 is 0 Å². The van der Waals surface area contributed by atoms with Gasteiger partial charge in [-0.2, -0.15) is 0 Å². The third-order valence-corrected chi connectivity index (χ3v) is 4.57. The van der Waals surface area contributed by atoms with E-state index in [0.717, 1.165) is 17.7 Å². The van der Waals surface area contributed by atoms with Crippen LogP contribution < -0.4 is 15.8 Å². The molecule has 0 saturated carbocycles. The van der Waals surface area contributed by atoms with E-state index in [1.807, 2.05) is 6.07 Å². The van der Waals surface area contributed by atoms with Crippen molar-refractivity contribution in [3.63, 3.8) is 0 Å². The highest BCUT2D eigenvalue weighted by atomic mass is 19.1. The molecular weight excluding hydrogens is 390 g/mol. The molecule has 0 aliphatic heterocycles. The van der Waals surface area contributed by atoms with Gasteiger partial charge in [-0.25, -0.2) is 8.78 Å². The Balaban J connectivity index is 1.59. The van der Waals surface area contributed by atoms with Gasteiger partial charge in [0, 0.05) is 12.1 Å². The van der Waals surface area contributed by atoms with Crippen molar-refractivity contribution >= 4 is 11.8 Å². The predicted octanol–water partition coefficient (Wildman–Crippen LogP) is 3.54. The molecule has 2 amide bonds. The molecule has 30 heavy (non-hydrogen) atoms. The number of ether oxygens (including phenoxy) is 1. The summed E-state index contributed by atoms with van der Waals surface area (Å²) < 4.78 is 32.7. The minimum absolute atomic E-state index is 0.0585. The lowest BCUT2D eigenvalue weighted by Gasteiger charge is -2.15. The summed E-state index contributed by atoms with van der Waals surface area (Å²) in [5.74, 6) is -2.58. The summed E-state index contributed by atoms with van der Waals surface area (Å²) in [6, 6.07) is 18.6. The summed E-state index contributed by atoms with van der Waals surface area (Å²) in [4.78, 5) is 24.1. The second-order valence-corrected chi connectivity index (χ2v) is 6.59. The molecule has 0 heterocycles. The number of rotatable bonds is 8. The monoisotopic (exact) mass is 410 g/mol. The van der Waals surface area contributed by atoms with Crippen LogP contribution in [0.15, 0.2) is 72.8 Å². The highest BCUT2D eigenvalue weighted by Gasteiger charge is 2.19. The third-order valence-electron chi connectivity index (χ3n) is 4.57. The van der Waals surface area contributed by atoms with Gasteiger partial charge in [-0.3, -0.25) is 9.59 Å². The molecule has 1 unspecified atom stereocenters. The first-order chi connectivity index (χ1) is 14.5. The first-order valence-corrected chi connectivity index (χ1v) is 9.24. The molecule has 3 aromatic carbocycles. The number of primary amides is 1. The number of benzene rings is 3. The molecular formula is C23H20F2N2O3. The number of nitrogens with two attached hydrogens (primary N) is 1. The predicted molar refractivity (Wildman–Crippen MR) is 108 cm³/mol. The molecule has 0 spiro atoms. The molecule has 3 rings (SSSR count). The van der Waals surface area contributed by atoms with Crippen LogP contribution in [0.1, 0.15) is 27.4 Å². The second kappa shape index (κ2) is 9.65. The van der Waals surface area contributed by atoms with E-state index in [2.05, 4.69) is 5.32 Å². The average Bonchev–Trinajstić information content (AvgIpc) is 2.74. The molecule has 0 aliphatic rings. The summed E-state index contributed by atoms with van der Waals surface area (Å²) in [6.07, 6.45) is 0. The van der Waals surface area contributed by atoms with E-state index < -0.39 is 23.5 Å². The van der Waals surface area contributed by atoms with Crippen LogP contribution in [0.2, 0.25) is 0 Å². The number of hydrogen-bond donors (Lipinski definition) is 2. The molecule has 0 bridgehead atoms. The van der Waals surface area contributed by atoms with Gasteiger partial charge in [0.25, 0.3) is 5.91 Å². The molecule has 0 radical (unpaired) electrons. The largest absolute Gasteiger partial charge is 0.489 e. The van der Waals surface area contributed by atoms with Crippen LogP contribution in [-0.4, -0.2) is 18.4 Å². The van der Waals surface area contributed by atoms with E-state index in [0.29, 0.717) is 11.3 Å². The maximum absolute atomic E-state index is 13.6. The van der Waals surface area contributed by atoms with Gasteiger partial charge < -0.3 is 15.8 Å². The number of carbonyl (C=O) groups excluding carboxylic acids is 2. The zero-order valence-corrected chi connectivity index (χ0v) is 16.0. The van der Waals surface area contributed by atoms with Crippen LogP contribution in [0, 0.1) is 11.6 Å². The van der Waals surface area contributed by atoms with Gasteiger partial charge in [0.05, 0.1) is 11.5 Å².